The molecule has 2 aromatic carbocycles. The van der Waals surface area contributed by atoms with Crippen LogP contribution in [0.25, 0.3) is 22.2 Å². The first-order valence-corrected chi connectivity index (χ1v) is 13.9. The van der Waals surface area contributed by atoms with Crippen LogP contribution in [-0.2, 0) is 21.3 Å². The predicted octanol–water partition coefficient (Wildman–Crippen LogP) is 4.66. The van der Waals surface area contributed by atoms with E-state index in [1.807, 2.05) is 25.3 Å². The van der Waals surface area contributed by atoms with Crippen LogP contribution in [0.4, 0.5) is 0 Å². The molecular weight excluding hydrogens is 514 g/mol. The van der Waals surface area contributed by atoms with E-state index in [1.54, 1.807) is 44.6 Å². The second-order valence-corrected chi connectivity index (χ2v) is 11.3. The van der Waals surface area contributed by atoms with E-state index in [4.69, 9.17) is 25.8 Å². The molecule has 8 nitrogen and oxygen atoms in total. The quantitative estimate of drug-likeness (QED) is 0.322. The van der Waals surface area contributed by atoms with Crippen molar-refractivity contribution in [2.75, 3.05) is 47.1 Å². The molecule has 5 rings (SSSR count). The van der Waals surface area contributed by atoms with Crippen LogP contribution in [0.15, 0.2) is 59.8 Å². The van der Waals surface area contributed by atoms with Crippen molar-refractivity contribution in [3.63, 3.8) is 0 Å². The second-order valence-electron chi connectivity index (χ2n) is 9.07. The zero-order chi connectivity index (χ0) is 26.2. The Balaban J connectivity index is 1.65. The summed E-state index contributed by atoms with van der Waals surface area (Å²) >= 11 is 6.41. The highest BCUT2D eigenvalue weighted by Gasteiger charge is 2.25. The Bertz CT molecular complexity index is 1520. The predicted molar refractivity (Wildman–Crippen MR) is 144 cm³/mol. The topological polar surface area (TPSA) is 74.9 Å². The van der Waals surface area contributed by atoms with Crippen molar-refractivity contribution < 1.29 is 22.6 Å². The molecule has 0 N–H and O–H groups in total. The summed E-state index contributed by atoms with van der Waals surface area (Å²) in [5.41, 5.74) is 3.11. The molecule has 1 aliphatic heterocycles. The van der Waals surface area contributed by atoms with E-state index in [2.05, 4.69) is 9.47 Å². The van der Waals surface area contributed by atoms with E-state index in [0.717, 1.165) is 54.9 Å². The van der Waals surface area contributed by atoms with Gasteiger partial charge in [-0.25, -0.2) is 12.4 Å². The van der Waals surface area contributed by atoms with Gasteiger partial charge in [0.1, 0.15) is 0 Å². The number of rotatable bonds is 8. The molecule has 0 spiro atoms. The number of hydrogen-bond acceptors (Lipinski definition) is 6. The van der Waals surface area contributed by atoms with Gasteiger partial charge in [-0.1, -0.05) is 29.3 Å². The Hall–Kier alpha value is -2.98. The largest absolute Gasteiger partial charge is 0.493 e. The van der Waals surface area contributed by atoms with E-state index >= 15 is 0 Å². The lowest BCUT2D eigenvalue weighted by atomic mass is 10.1. The molecule has 196 valence electrons. The second kappa shape index (κ2) is 10.4. The number of methoxy groups -OCH3 is 2. The first kappa shape index (κ1) is 25.7. The minimum absolute atomic E-state index is 0.196. The smallest absolute Gasteiger partial charge is 0.268 e. The van der Waals surface area contributed by atoms with Crippen LogP contribution in [0.3, 0.4) is 0 Å². The highest BCUT2D eigenvalue weighted by Crippen LogP contribution is 2.40. The molecule has 1 saturated heterocycles. The Kier molecular flexibility index (Phi) is 7.22. The SMILES string of the molecule is COc1cc2c(-c3cc(Cl)cn3S(=O)(=O)c3ccc(C)cc3)cn(CCN3CCOCC3)c2cc1OC. The molecular formula is C27H30ClN3O5S. The fraction of sp³-hybridized carbons (Fsp3) is 0.333. The van der Waals surface area contributed by atoms with Crippen LogP contribution in [-0.4, -0.2) is 68.9 Å². The van der Waals surface area contributed by atoms with Gasteiger partial charge < -0.3 is 18.8 Å². The van der Waals surface area contributed by atoms with E-state index in [0.29, 0.717) is 28.8 Å². The molecule has 0 radical (unpaired) electrons. The van der Waals surface area contributed by atoms with Gasteiger partial charge in [0.05, 0.1) is 48.6 Å². The fourth-order valence-corrected chi connectivity index (χ4v) is 6.34. The van der Waals surface area contributed by atoms with Crippen molar-refractivity contribution in [2.24, 2.45) is 0 Å². The molecule has 1 aliphatic rings. The molecule has 0 aliphatic carbocycles. The van der Waals surface area contributed by atoms with Gasteiger partial charge in [0.25, 0.3) is 10.0 Å². The van der Waals surface area contributed by atoms with Crippen molar-refractivity contribution in [2.45, 2.75) is 18.4 Å². The van der Waals surface area contributed by atoms with Crippen molar-refractivity contribution >= 4 is 32.5 Å². The molecule has 0 amide bonds. The molecule has 0 saturated carbocycles. The number of ether oxygens (including phenoxy) is 3. The summed E-state index contributed by atoms with van der Waals surface area (Å²) in [6, 6.07) is 12.3. The van der Waals surface area contributed by atoms with Crippen molar-refractivity contribution in [1.82, 2.24) is 13.4 Å². The minimum Gasteiger partial charge on any atom is -0.493 e. The standard InChI is InChI=1S/C27H30ClN3O5S/c1-19-4-6-21(7-5-19)37(32,33)31-17-20(28)14-25(31)23-18-30(9-8-29-10-12-36-13-11-29)24-16-27(35-3)26(34-2)15-22(23)24/h4-7,14-18H,8-13H2,1-3H3. The maximum atomic E-state index is 13.7. The van der Waals surface area contributed by atoms with E-state index < -0.39 is 10.0 Å². The summed E-state index contributed by atoms with van der Waals surface area (Å²) in [6.07, 6.45) is 3.43. The van der Waals surface area contributed by atoms with Crippen LogP contribution < -0.4 is 9.47 Å². The Labute approximate surface area is 222 Å². The normalized spacial score (nSPS) is 14.8. The van der Waals surface area contributed by atoms with Crippen LogP contribution >= 0.6 is 11.6 Å². The van der Waals surface area contributed by atoms with Gasteiger partial charge >= 0.3 is 0 Å². The molecule has 4 aromatic rings. The minimum atomic E-state index is -3.89. The Morgan fingerprint density at radius 3 is 2.30 bits per heavy atom. The number of benzene rings is 2. The van der Waals surface area contributed by atoms with Crippen LogP contribution in [0, 0.1) is 6.92 Å². The third-order valence-corrected chi connectivity index (χ3v) is 8.65. The number of fused-ring (bicyclic) bond motifs is 1. The first-order valence-electron chi connectivity index (χ1n) is 12.1. The molecule has 10 heteroatoms. The lowest BCUT2D eigenvalue weighted by molar-refractivity contribution is 0.0365. The van der Waals surface area contributed by atoms with Crippen LogP contribution in [0.2, 0.25) is 5.02 Å². The van der Waals surface area contributed by atoms with E-state index in [-0.39, 0.29) is 4.90 Å². The maximum absolute atomic E-state index is 13.7. The number of nitrogens with zero attached hydrogens (tertiary/aromatic N) is 3. The van der Waals surface area contributed by atoms with Crippen LogP contribution in [0.5, 0.6) is 11.5 Å². The van der Waals surface area contributed by atoms with Gasteiger partial charge in [-0.05, 0) is 31.2 Å². The molecule has 0 unspecified atom stereocenters. The Morgan fingerprint density at radius 1 is 0.946 bits per heavy atom. The van der Waals surface area contributed by atoms with Gasteiger partial charge in [0.15, 0.2) is 11.5 Å². The summed E-state index contributed by atoms with van der Waals surface area (Å²) < 4.78 is 47.4. The van der Waals surface area contributed by atoms with Gasteiger partial charge in [0.2, 0.25) is 0 Å². The summed E-state index contributed by atoms with van der Waals surface area (Å²) in [5, 5.41) is 1.18. The fourth-order valence-electron chi connectivity index (χ4n) is 4.71. The first-order chi connectivity index (χ1) is 17.8. The lowest BCUT2D eigenvalue weighted by Crippen LogP contribution is -2.38. The van der Waals surface area contributed by atoms with E-state index in [1.165, 1.54) is 10.2 Å². The van der Waals surface area contributed by atoms with Crippen molar-refractivity contribution in [3.8, 4) is 22.8 Å². The average molecular weight is 544 g/mol. The molecule has 3 heterocycles. The molecule has 37 heavy (non-hydrogen) atoms. The van der Waals surface area contributed by atoms with Gasteiger partial charge in [-0.2, -0.15) is 0 Å². The lowest BCUT2D eigenvalue weighted by Gasteiger charge is -2.26. The highest BCUT2D eigenvalue weighted by atomic mass is 35.5. The summed E-state index contributed by atoms with van der Waals surface area (Å²) in [4.78, 5) is 2.55. The van der Waals surface area contributed by atoms with Crippen LogP contribution in [0.1, 0.15) is 5.56 Å². The Morgan fingerprint density at radius 2 is 1.62 bits per heavy atom. The number of aromatic nitrogens is 2. The number of morpholine rings is 1. The number of halogens is 1. The van der Waals surface area contributed by atoms with Crippen molar-refractivity contribution in [3.05, 3.63) is 65.4 Å². The van der Waals surface area contributed by atoms with Gasteiger partial charge in [-0.3, -0.25) is 4.90 Å². The zero-order valence-electron chi connectivity index (χ0n) is 21.1. The molecule has 0 atom stereocenters. The summed E-state index contributed by atoms with van der Waals surface area (Å²) in [5.74, 6) is 1.17. The van der Waals surface area contributed by atoms with Gasteiger partial charge in [0, 0.05) is 55.6 Å². The molecule has 0 bridgehead atoms. The van der Waals surface area contributed by atoms with Crippen molar-refractivity contribution in [1.29, 1.82) is 0 Å². The monoisotopic (exact) mass is 543 g/mol. The summed E-state index contributed by atoms with van der Waals surface area (Å²) in [7, 11) is -0.701. The molecule has 2 aromatic heterocycles. The maximum Gasteiger partial charge on any atom is 0.268 e. The molecule has 1 fully saturated rings. The average Bonchev–Trinajstić information content (AvgIpc) is 3.47. The van der Waals surface area contributed by atoms with E-state index in [9.17, 15) is 8.42 Å². The third kappa shape index (κ3) is 4.96. The van der Waals surface area contributed by atoms with Gasteiger partial charge in [-0.15, -0.1) is 0 Å². The third-order valence-electron chi connectivity index (χ3n) is 6.75. The number of aryl methyl sites for hydroxylation is 1. The summed E-state index contributed by atoms with van der Waals surface area (Å²) in [6.45, 7) is 6.70. The number of hydrogen-bond donors (Lipinski definition) is 0. The zero-order valence-corrected chi connectivity index (χ0v) is 22.7. The highest BCUT2D eigenvalue weighted by molar-refractivity contribution is 7.90.